The fourth-order valence-corrected chi connectivity index (χ4v) is 2.01. The molecule has 0 saturated heterocycles. The maximum Gasteiger partial charge on any atom is 0.283 e. The van der Waals surface area contributed by atoms with E-state index in [-0.39, 0.29) is 15.7 Å². The summed E-state index contributed by atoms with van der Waals surface area (Å²) < 4.78 is 27.6. The Morgan fingerprint density at radius 3 is 2.84 bits per heavy atom. The standard InChI is InChI=1S/C11H15BrF2N4O/c12-9-8(16-6-11(13,14)5-15)3-17-18(10(9)19)4-7-1-2-7/h3,7,16H,1-2,4-6,15H2. The first-order valence-corrected chi connectivity index (χ1v) is 6.79. The second kappa shape index (κ2) is 5.54. The molecule has 106 valence electrons. The van der Waals surface area contributed by atoms with E-state index in [1.54, 1.807) is 0 Å². The normalized spacial score (nSPS) is 15.6. The predicted molar refractivity (Wildman–Crippen MR) is 71.4 cm³/mol. The first-order chi connectivity index (χ1) is 8.93. The average Bonchev–Trinajstić information content (AvgIpc) is 3.18. The molecule has 0 bridgehead atoms. The van der Waals surface area contributed by atoms with Gasteiger partial charge in [0.05, 0.1) is 25.0 Å². The lowest BCUT2D eigenvalue weighted by Gasteiger charge is -2.16. The second-order valence-corrected chi connectivity index (χ2v) is 5.51. The Balaban J connectivity index is 2.09. The third-order valence-corrected chi connectivity index (χ3v) is 3.72. The van der Waals surface area contributed by atoms with Crippen molar-refractivity contribution < 1.29 is 8.78 Å². The van der Waals surface area contributed by atoms with E-state index in [4.69, 9.17) is 5.73 Å². The Bertz CT molecular complexity index is 516. The number of nitrogens with one attached hydrogen (secondary N) is 1. The number of hydrogen-bond acceptors (Lipinski definition) is 4. The van der Waals surface area contributed by atoms with Gasteiger partial charge in [0, 0.05) is 6.54 Å². The van der Waals surface area contributed by atoms with Gasteiger partial charge in [-0.25, -0.2) is 13.5 Å². The zero-order valence-corrected chi connectivity index (χ0v) is 11.8. The van der Waals surface area contributed by atoms with Crippen LogP contribution in [0, 0.1) is 5.92 Å². The number of rotatable bonds is 6. The summed E-state index contributed by atoms with van der Waals surface area (Å²) in [6.45, 7) is -0.795. The van der Waals surface area contributed by atoms with Gasteiger partial charge in [-0.05, 0) is 34.7 Å². The van der Waals surface area contributed by atoms with Crippen molar-refractivity contribution in [2.75, 3.05) is 18.4 Å². The predicted octanol–water partition coefficient (Wildman–Crippen LogP) is 1.42. The minimum absolute atomic E-state index is 0.218. The molecule has 3 N–H and O–H groups in total. The minimum atomic E-state index is -3.01. The molecule has 0 atom stereocenters. The molecule has 1 saturated carbocycles. The molecule has 5 nitrogen and oxygen atoms in total. The van der Waals surface area contributed by atoms with Crippen LogP contribution in [0.2, 0.25) is 0 Å². The minimum Gasteiger partial charge on any atom is -0.377 e. The number of aromatic nitrogens is 2. The van der Waals surface area contributed by atoms with Gasteiger partial charge >= 0.3 is 0 Å². The van der Waals surface area contributed by atoms with E-state index in [0.717, 1.165) is 12.8 Å². The van der Waals surface area contributed by atoms with Crippen LogP contribution < -0.4 is 16.6 Å². The van der Waals surface area contributed by atoms with Gasteiger partial charge in [0.15, 0.2) is 0 Å². The summed E-state index contributed by atoms with van der Waals surface area (Å²) in [5, 5.41) is 6.47. The number of hydrogen-bond donors (Lipinski definition) is 2. The van der Waals surface area contributed by atoms with E-state index in [1.807, 2.05) is 0 Å². The Morgan fingerprint density at radius 2 is 2.26 bits per heavy atom. The van der Waals surface area contributed by atoms with Crippen molar-refractivity contribution in [1.29, 1.82) is 0 Å². The Morgan fingerprint density at radius 1 is 1.58 bits per heavy atom. The highest BCUT2D eigenvalue weighted by molar-refractivity contribution is 9.10. The summed E-state index contributed by atoms with van der Waals surface area (Å²) in [5.74, 6) is -2.50. The first kappa shape index (κ1) is 14.4. The third-order valence-electron chi connectivity index (χ3n) is 2.95. The zero-order chi connectivity index (χ0) is 14.0. The van der Waals surface area contributed by atoms with Crippen LogP contribution in [0.4, 0.5) is 14.5 Å². The molecule has 1 aromatic rings. The average molecular weight is 337 g/mol. The van der Waals surface area contributed by atoms with Gasteiger partial charge in [0.2, 0.25) is 0 Å². The van der Waals surface area contributed by atoms with Gasteiger partial charge in [-0.3, -0.25) is 4.79 Å². The number of alkyl halides is 2. The van der Waals surface area contributed by atoms with Gasteiger partial charge < -0.3 is 11.1 Å². The molecule has 1 fully saturated rings. The molecule has 1 aliphatic carbocycles. The van der Waals surface area contributed by atoms with Crippen molar-refractivity contribution in [2.24, 2.45) is 11.7 Å². The van der Waals surface area contributed by atoms with Crippen LogP contribution in [-0.2, 0) is 6.54 Å². The summed E-state index contributed by atoms with van der Waals surface area (Å²) in [7, 11) is 0. The van der Waals surface area contributed by atoms with Crippen LogP contribution in [0.25, 0.3) is 0 Å². The van der Waals surface area contributed by atoms with Gasteiger partial charge in [-0.15, -0.1) is 0 Å². The van der Waals surface area contributed by atoms with Crippen LogP contribution in [0.15, 0.2) is 15.5 Å². The van der Waals surface area contributed by atoms with Crippen molar-refractivity contribution in [3.05, 3.63) is 21.0 Å². The lowest BCUT2D eigenvalue weighted by molar-refractivity contribution is 0.0253. The smallest absolute Gasteiger partial charge is 0.283 e. The van der Waals surface area contributed by atoms with E-state index >= 15 is 0 Å². The molecule has 0 aromatic carbocycles. The summed E-state index contributed by atoms with van der Waals surface area (Å²) in [6, 6.07) is 0. The van der Waals surface area contributed by atoms with Crippen molar-refractivity contribution in [1.82, 2.24) is 9.78 Å². The van der Waals surface area contributed by atoms with Crippen molar-refractivity contribution in [2.45, 2.75) is 25.3 Å². The monoisotopic (exact) mass is 336 g/mol. The van der Waals surface area contributed by atoms with Gasteiger partial charge in [-0.1, -0.05) is 0 Å². The summed E-state index contributed by atoms with van der Waals surface area (Å²) in [6.07, 6.45) is 3.59. The van der Waals surface area contributed by atoms with Crippen LogP contribution >= 0.6 is 15.9 Å². The van der Waals surface area contributed by atoms with E-state index in [1.165, 1.54) is 10.9 Å². The molecule has 1 aliphatic rings. The summed E-state index contributed by atoms with van der Waals surface area (Å²) in [5.41, 5.74) is 4.88. The molecule has 0 unspecified atom stereocenters. The van der Waals surface area contributed by atoms with Crippen LogP contribution in [-0.4, -0.2) is 28.8 Å². The number of nitrogens with zero attached hydrogens (tertiary/aromatic N) is 2. The zero-order valence-electron chi connectivity index (χ0n) is 10.2. The van der Waals surface area contributed by atoms with E-state index < -0.39 is 19.0 Å². The molecular weight excluding hydrogens is 322 g/mol. The fourth-order valence-electron chi connectivity index (χ4n) is 1.56. The molecule has 19 heavy (non-hydrogen) atoms. The third kappa shape index (κ3) is 3.73. The lowest BCUT2D eigenvalue weighted by atomic mass is 10.3. The molecule has 1 aromatic heterocycles. The number of halogens is 3. The Hall–Kier alpha value is -1.02. The SMILES string of the molecule is NCC(F)(F)CNc1cnn(CC2CC2)c(=O)c1Br. The highest BCUT2D eigenvalue weighted by Gasteiger charge is 2.27. The second-order valence-electron chi connectivity index (χ2n) is 4.72. The van der Waals surface area contributed by atoms with Crippen molar-refractivity contribution in [3.8, 4) is 0 Å². The maximum absolute atomic E-state index is 13.0. The fraction of sp³-hybridized carbons (Fsp3) is 0.636. The molecule has 8 heteroatoms. The quantitative estimate of drug-likeness (QED) is 0.824. The summed E-state index contributed by atoms with van der Waals surface area (Å²) >= 11 is 3.12. The van der Waals surface area contributed by atoms with Gasteiger partial charge in [-0.2, -0.15) is 5.10 Å². The largest absolute Gasteiger partial charge is 0.377 e. The van der Waals surface area contributed by atoms with Crippen molar-refractivity contribution in [3.63, 3.8) is 0 Å². The number of anilines is 1. The lowest BCUT2D eigenvalue weighted by Crippen LogP contribution is -2.36. The number of nitrogens with two attached hydrogens (primary N) is 1. The van der Waals surface area contributed by atoms with E-state index in [2.05, 4.69) is 26.3 Å². The van der Waals surface area contributed by atoms with Crippen LogP contribution in [0.1, 0.15) is 12.8 Å². The maximum atomic E-state index is 13.0. The summed E-state index contributed by atoms with van der Waals surface area (Å²) in [4.78, 5) is 11.9. The molecular formula is C11H15BrF2N4O. The Labute approximate surface area is 117 Å². The first-order valence-electron chi connectivity index (χ1n) is 6.00. The van der Waals surface area contributed by atoms with Crippen LogP contribution in [0.3, 0.4) is 0 Å². The Kier molecular flexibility index (Phi) is 4.19. The van der Waals surface area contributed by atoms with Gasteiger partial charge in [0.1, 0.15) is 4.47 Å². The molecule has 2 rings (SSSR count). The molecule has 1 heterocycles. The molecule has 0 spiro atoms. The highest BCUT2D eigenvalue weighted by atomic mass is 79.9. The molecule has 0 radical (unpaired) electrons. The van der Waals surface area contributed by atoms with E-state index in [0.29, 0.717) is 12.5 Å². The topological polar surface area (TPSA) is 72.9 Å². The van der Waals surface area contributed by atoms with Gasteiger partial charge in [0.25, 0.3) is 11.5 Å². The molecule has 0 aliphatic heterocycles. The van der Waals surface area contributed by atoms with Crippen molar-refractivity contribution >= 4 is 21.6 Å². The molecule has 0 amide bonds. The van der Waals surface area contributed by atoms with E-state index in [9.17, 15) is 13.6 Å². The highest BCUT2D eigenvalue weighted by Crippen LogP contribution is 2.30. The van der Waals surface area contributed by atoms with Crippen LogP contribution in [0.5, 0.6) is 0 Å².